The quantitative estimate of drug-likeness (QED) is 0.508. The van der Waals surface area contributed by atoms with Gasteiger partial charge in [-0.05, 0) is 0 Å². The van der Waals surface area contributed by atoms with Crippen LogP contribution in [0, 0.1) is 29.1 Å². The lowest BCUT2D eigenvalue weighted by molar-refractivity contribution is 0.0692. The number of thiazole rings is 1. The van der Waals surface area contributed by atoms with Gasteiger partial charge in [-0.2, -0.15) is 0 Å². The summed E-state index contributed by atoms with van der Waals surface area (Å²) in [6.07, 6.45) is 0. The number of nitrogens with two attached hydrogens (primary N) is 1. The second-order valence-corrected chi connectivity index (χ2v) is 4.51. The number of nitrogen functional groups attached to an aromatic ring is 1. The first-order valence-corrected chi connectivity index (χ1v) is 5.58. The second-order valence-electron chi connectivity index (χ2n) is 3.48. The number of carboxylic acid groups (broad SMARTS) is 1. The van der Waals surface area contributed by atoms with Crippen molar-refractivity contribution in [3.63, 3.8) is 0 Å². The first-order chi connectivity index (χ1) is 9.25. The number of carbonyl (C=O) groups is 1. The number of benzene rings is 1. The molecule has 0 radical (unpaired) electrons. The molecule has 0 unspecified atom stereocenters. The summed E-state index contributed by atoms with van der Waals surface area (Å²) in [5.74, 6) is -12.4. The van der Waals surface area contributed by atoms with E-state index < -0.39 is 56.3 Å². The van der Waals surface area contributed by atoms with E-state index >= 15 is 0 Å². The minimum Gasteiger partial charge on any atom is -0.476 e. The summed E-state index contributed by atoms with van der Waals surface area (Å²) in [4.78, 5) is 14.0. The minimum atomic E-state index is -2.31. The first kappa shape index (κ1) is 14.2. The summed E-state index contributed by atoms with van der Waals surface area (Å²) in [5, 5.41) is 7.55. The van der Waals surface area contributed by atoms with Crippen LogP contribution in [0.15, 0.2) is 0 Å². The third kappa shape index (κ3) is 1.97. The summed E-state index contributed by atoms with van der Waals surface area (Å²) >= 11 is 0.297. The molecular weight excluding hydrogens is 307 g/mol. The van der Waals surface area contributed by atoms with Crippen LogP contribution in [-0.2, 0) is 0 Å². The van der Waals surface area contributed by atoms with Crippen LogP contribution >= 0.6 is 11.3 Å². The number of halogens is 5. The van der Waals surface area contributed by atoms with Crippen LogP contribution in [0.3, 0.4) is 0 Å². The van der Waals surface area contributed by atoms with Gasteiger partial charge in [-0.25, -0.2) is 31.7 Å². The van der Waals surface area contributed by atoms with Crippen molar-refractivity contribution >= 4 is 22.3 Å². The summed E-state index contributed by atoms with van der Waals surface area (Å²) in [7, 11) is 0. The van der Waals surface area contributed by atoms with Crippen LogP contribution in [0.25, 0.3) is 10.6 Å². The van der Waals surface area contributed by atoms with E-state index in [2.05, 4.69) is 4.98 Å². The van der Waals surface area contributed by atoms with E-state index in [1.54, 1.807) is 0 Å². The van der Waals surface area contributed by atoms with Crippen molar-refractivity contribution in [2.75, 3.05) is 5.73 Å². The molecular formula is C10H3F5N2O2S. The Balaban J connectivity index is 2.77. The lowest BCUT2D eigenvalue weighted by atomic mass is 10.2. The molecule has 4 nitrogen and oxygen atoms in total. The van der Waals surface area contributed by atoms with Crippen molar-refractivity contribution in [3.8, 4) is 10.6 Å². The van der Waals surface area contributed by atoms with E-state index in [-0.39, 0.29) is 0 Å². The van der Waals surface area contributed by atoms with E-state index in [1.165, 1.54) is 0 Å². The van der Waals surface area contributed by atoms with E-state index in [0.717, 1.165) is 0 Å². The van der Waals surface area contributed by atoms with Gasteiger partial charge in [0.1, 0.15) is 10.0 Å². The fourth-order valence-corrected chi connectivity index (χ4v) is 2.24. The maximum atomic E-state index is 13.5. The zero-order valence-corrected chi connectivity index (χ0v) is 9.99. The van der Waals surface area contributed by atoms with E-state index in [0.29, 0.717) is 11.3 Å². The maximum absolute atomic E-state index is 13.5. The first-order valence-electron chi connectivity index (χ1n) is 4.77. The van der Waals surface area contributed by atoms with Gasteiger partial charge >= 0.3 is 5.97 Å². The van der Waals surface area contributed by atoms with Gasteiger partial charge in [0, 0.05) is 0 Å². The Labute approximate surface area is 111 Å². The van der Waals surface area contributed by atoms with Gasteiger partial charge < -0.3 is 10.8 Å². The van der Waals surface area contributed by atoms with Gasteiger partial charge in [-0.15, -0.1) is 0 Å². The fraction of sp³-hybridized carbons (Fsp3) is 0. The van der Waals surface area contributed by atoms with Crippen LogP contribution in [0.5, 0.6) is 0 Å². The summed E-state index contributed by atoms with van der Waals surface area (Å²) in [5.41, 5.74) is 3.21. The highest BCUT2D eigenvalue weighted by Gasteiger charge is 2.29. The molecule has 0 amide bonds. The lowest BCUT2D eigenvalue weighted by Gasteiger charge is -2.05. The van der Waals surface area contributed by atoms with Crippen LogP contribution < -0.4 is 5.73 Å². The average molecular weight is 310 g/mol. The van der Waals surface area contributed by atoms with Crippen LogP contribution in [-0.4, -0.2) is 16.1 Å². The molecule has 2 aromatic rings. The number of nitrogens with zero attached hydrogens (tertiary/aromatic N) is 1. The summed E-state index contributed by atoms with van der Waals surface area (Å²) in [6.45, 7) is 0. The molecule has 0 spiro atoms. The summed E-state index contributed by atoms with van der Waals surface area (Å²) in [6, 6.07) is 0. The van der Waals surface area contributed by atoms with Gasteiger partial charge in [0.15, 0.2) is 29.0 Å². The predicted octanol–water partition coefficient (Wildman–Crippen LogP) is 2.79. The van der Waals surface area contributed by atoms with Crippen molar-refractivity contribution in [2.24, 2.45) is 0 Å². The molecule has 10 heteroatoms. The SMILES string of the molecule is Nc1sc(-c2c(F)c(F)c(F)c(F)c2F)nc1C(=O)O. The Morgan fingerprint density at radius 3 is 1.85 bits per heavy atom. The normalized spacial score (nSPS) is 10.8. The van der Waals surface area contributed by atoms with E-state index in [4.69, 9.17) is 10.8 Å². The Morgan fingerprint density at radius 2 is 1.45 bits per heavy atom. The highest BCUT2D eigenvalue weighted by Crippen LogP contribution is 2.36. The molecule has 2 rings (SSSR count). The van der Waals surface area contributed by atoms with Crippen molar-refractivity contribution in [1.82, 2.24) is 4.98 Å². The Morgan fingerprint density at radius 1 is 1.00 bits per heavy atom. The second kappa shape index (κ2) is 4.71. The molecule has 0 bridgehead atoms. The zero-order valence-electron chi connectivity index (χ0n) is 9.18. The van der Waals surface area contributed by atoms with Crippen molar-refractivity contribution in [3.05, 3.63) is 34.8 Å². The molecule has 0 saturated carbocycles. The van der Waals surface area contributed by atoms with Gasteiger partial charge in [-0.3, -0.25) is 0 Å². The molecule has 0 aliphatic rings. The van der Waals surface area contributed by atoms with Crippen LogP contribution in [0.2, 0.25) is 0 Å². The molecule has 0 aliphatic carbocycles. The number of rotatable bonds is 2. The van der Waals surface area contributed by atoms with Crippen LogP contribution in [0.4, 0.5) is 27.0 Å². The number of carboxylic acids is 1. The predicted molar refractivity (Wildman–Crippen MR) is 58.7 cm³/mol. The highest BCUT2D eigenvalue weighted by atomic mass is 32.1. The van der Waals surface area contributed by atoms with Crippen molar-refractivity contribution in [2.45, 2.75) is 0 Å². The highest BCUT2D eigenvalue weighted by molar-refractivity contribution is 7.19. The topological polar surface area (TPSA) is 76.2 Å². The fourth-order valence-electron chi connectivity index (χ4n) is 1.38. The Kier molecular flexibility index (Phi) is 3.34. The molecule has 3 N–H and O–H groups in total. The third-order valence-electron chi connectivity index (χ3n) is 2.28. The number of hydrogen-bond acceptors (Lipinski definition) is 4. The smallest absolute Gasteiger partial charge is 0.357 e. The Hall–Kier alpha value is -2.23. The monoisotopic (exact) mass is 310 g/mol. The number of hydrogen-bond donors (Lipinski definition) is 2. The van der Waals surface area contributed by atoms with Gasteiger partial charge in [0.25, 0.3) is 0 Å². The van der Waals surface area contributed by atoms with E-state index in [9.17, 15) is 26.7 Å². The lowest BCUT2D eigenvalue weighted by Crippen LogP contribution is -2.04. The van der Waals surface area contributed by atoms with Gasteiger partial charge in [0.05, 0.1) is 5.56 Å². The van der Waals surface area contributed by atoms with Crippen molar-refractivity contribution in [1.29, 1.82) is 0 Å². The molecule has 0 fully saturated rings. The number of aromatic nitrogens is 1. The minimum absolute atomic E-state index is 0.297. The Bertz CT molecular complexity index is 702. The average Bonchev–Trinajstić information content (AvgIpc) is 2.76. The third-order valence-corrected chi connectivity index (χ3v) is 3.18. The number of anilines is 1. The number of aromatic carboxylic acids is 1. The molecule has 0 atom stereocenters. The van der Waals surface area contributed by atoms with Crippen molar-refractivity contribution < 1.29 is 31.9 Å². The molecule has 1 aromatic carbocycles. The van der Waals surface area contributed by atoms with Gasteiger partial charge in [0.2, 0.25) is 5.82 Å². The molecule has 106 valence electrons. The zero-order chi connectivity index (χ0) is 15.2. The molecule has 0 aliphatic heterocycles. The maximum Gasteiger partial charge on any atom is 0.357 e. The molecule has 1 aromatic heterocycles. The van der Waals surface area contributed by atoms with E-state index in [1.807, 2.05) is 0 Å². The standard InChI is InChI=1S/C10H3F5N2O2S/c11-2-1(3(12)5(14)6(15)4(2)13)9-17-7(10(18)19)8(16)20-9/h16H2,(H,18,19). The van der Waals surface area contributed by atoms with Crippen LogP contribution in [0.1, 0.15) is 10.5 Å². The molecule has 20 heavy (non-hydrogen) atoms. The largest absolute Gasteiger partial charge is 0.476 e. The molecule has 1 heterocycles. The summed E-state index contributed by atoms with van der Waals surface area (Å²) < 4.78 is 65.9. The molecule has 0 saturated heterocycles. The van der Waals surface area contributed by atoms with Gasteiger partial charge in [-0.1, -0.05) is 11.3 Å².